The van der Waals surface area contributed by atoms with Gasteiger partial charge in [0, 0.05) is 50.2 Å². The summed E-state index contributed by atoms with van der Waals surface area (Å²) < 4.78 is 0. The first-order chi connectivity index (χ1) is 12.2. The number of anilines is 2. The van der Waals surface area contributed by atoms with Crippen molar-refractivity contribution < 1.29 is 0 Å². The Morgan fingerprint density at radius 1 is 1.04 bits per heavy atom. The minimum absolute atomic E-state index is 0.679. The zero-order valence-corrected chi connectivity index (χ0v) is 15.3. The summed E-state index contributed by atoms with van der Waals surface area (Å²) in [7, 11) is 2.22. The highest BCUT2D eigenvalue weighted by Gasteiger charge is 2.68. The Hall–Kier alpha value is -1.29. The molecule has 1 aliphatic heterocycles. The summed E-state index contributed by atoms with van der Waals surface area (Å²) in [4.78, 5) is 9.61. The number of nitrogens with zero attached hydrogens (tertiary/aromatic N) is 3. The van der Waals surface area contributed by atoms with Crippen LogP contribution in [0.4, 0.5) is 11.5 Å². The fourth-order valence-corrected chi connectivity index (χ4v) is 7.37. The molecule has 0 aromatic carbocycles. The Morgan fingerprint density at radius 3 is 2.48 bits per heavy atom. The third-order valence-electron chi connectivity index (χ3n) is 8.60. The number of aromatic nitrogens is 1. The van der Waals surface area contributed by atoms with E-state index in [1.807, 2.05) is 6.20 Å². The zero-order valence-electron chi connectivity index (χ0n) is 15.3. The maximum absolute atomic E-state index is 4.69. The second-order valence-electron chi connectivity index (χ2n) is 9.62. The van der Waals surface area contributed by atoms with Crippen molar-refractivity contribution in [1.29, 1.82) is 0 Å². The van der Waals surface area contributed by atoms with Crippen LogP contribution in [0.1, 0.15) is 32.1 Å². The molecule has 4 nitrogen and oxygen atoms in total. The molecular formula is C21H30N4. The summed E-state index contributed by atoms with van der Waals surface area (Å²) in [5, 5.41) is 3.91. The van der Waals surface area contributed by atoms with Crippen LogP contribution >= 0.6 is 0 Å². The topological polar surface area (TPSA) is 31.4 Å². The van der Waals surface area contributed by atoms with Crippen LogP contribution in [-0.4, -0.2) is 49.2 Å². The van der Waals surface area contributed by atoms with Crippen molar-refractivity contribution in [3.05, 3.63) is 18.3 Å². The van der Waals surface area contributed by atoms with E-state index in [0.29, 0.717) is 6.04 Å². The van der Waals surface area contributed by atoms with Crippen LogP contribution < -0.4 is 10.2 Å². The number of hydrogen-bond acceptors (Lipinski definition) is 4. The average Bonchev–Trinajstić information content (AvgIpc) is 3.01. The molecule has 1 saturated heterocycles. The average molecular weight is 338 g/mol. The van der Waals surface area contributed by atoms with Crippen molar-refractivity contribution in [2.45, 2.75) is 38.1 Å². The smallest absolute Gasteiger partial charge is 0.128 e. The lowest BCUT2D eigenvalue weighted by molar-refractivity contribution is 0.000283. The first-order valence-electron chi connectivity index (χ1n) is 10.4. The summed E-state index contributed by atoms with van der Waals surface area (Å²) in [6, 6.07) is 5.17. The third-order valence-corrected chi connectivity index (χ3v) is 8.60. The number of nitrogens with one attached hydrogen (secondary N) is 1. The van der Waals surface area contributed by atoms with E-state index in [9.17, 15) is 0 Å². The molecule has 0 radical (unpaired) electrons. The number of pyridine rings is 1. The number of rotatable bonds is 3. The monoisotopic (exact) mass is 338 g/mol. The molecule has 6 rings (SSSR count). The summed E-state index contributed by atoms with van der Waals surface area (Å²) in [5.41, 5.74) is 2.15. The molecule has 25 heavy (non-hydrogen) atoms. The fourth-order valence-electron chi connectivity index (χ4n) is 7.37. The molecule has 134 valence electrons. The van der Waals surface area contributed by atoms with Crippen molar-refractivity contribution in [3.63, 3.8) is 0 Å². The van der Waals surface area contributed by atoms with Gasteiger partial charge in [-0.1, -0.05) is 0 Å². The molecule has 4 heteroatoms. The van der Waals surface area contributed by atoms with Gasteiger partial charge in [-0.3, -0.25) is 0 Å². The minimum Gasteiger partial charge on any atom is -0.369 e. The van der Waals surface area contributed by atoms with Crippen LogP contribution in [0.3, 0.4) is 0 Å². The zero-order chi connectivity index (χ0) is 16.6. The van der Waals surface area contributed by atoms with E-state index >= 15 is 0 Å². The van der Waals surface area contributed by atoms with Gasteiger partial charge in [-0.15, -0.1) is 0 Å². The predicted molar refractivity (Wildman–Crippen MR) is 101 cm³/mol. The lowest BCUT2D eigenvalue weighted by Gasteiger charge is -2.49. The van der Waals surface area contributed by atoms with Crippen LogP contribution in [-0.2, 0) is 0 Å². The summed E-state index contributed by atoms with van der Waals surface area (Å²) in [6.07, 6.45) is 9.55. The summed E-state index contributed by atoms with van der Waals surface area (Å²) in [5.74, 6) is 5.07. The van der Waals surface area contributed by atoms with Crippen molar-refractivity contribution in [3.8, 4) is 0 Å². The van der Waals surface area contributed by atoms with E-state index in [2.05, 4.69) is 39.3 Å². The van der Waals surface area contributed by atoms with Gasteiger partial charge in [0.15, 0.2) is 0 Å². The summed E-state index contributed by atoms with van der Waals surface area (Å²) in [6.45, 7) is 4.56. The fraction of sp³-hybridized carbons (Fsp3) is 0.762. The molecule has 1 aromatic rings. The normalized spacial score (nSPS) is 44.7. The first kappa shape index (κ1) is 14.8. The molecular weight excluding hydrogens is 308 g/mol. The van der Waals surface area contributed by atoms with Crippen LogP contribution in [0.5, 0.6) is 0 Å². The molecule has 4 saturated carbocycles. The predicted octanol–water partition coefficient (Wildman–Crippen LogP) is 3.07. The van der Waals surface area contributed by atoms with E-state index in [0.717, 1.165) is 61.1 Å². The van der Waals surface area contributed by atoms with Gasteiger partial charge in [0.2, 0.25) is 0 Å². The van der Waals surface area contributed by atoms with Gasteiger partial charge in [-0.2, -0.15) is 0 Å². The van der Waals surface area contributed by atoms with Gasteiger partial charge in [0.25, 0.3) is 0 Å². The van der Waals surface area contributed by atoms with E-state index in [-0.39, 0.29) is 0 Å². The largest absolute Gasteiger partial charge is 0.369 e. The van der Waals surface area contributed by atoms with Crippen molar-refractivity contribution in [1.82, 2.24) is 9.88 Å². The van der Waals surface area contributed by atoms with Gasteiger partial charge in [-0.05, 0) is 74.3 Å². The number of likely N-dealkylation sites (N-methyl/N-ethyl adjacent to an activating group) is 1. The van der Waals surface area contributed by atoms with Gasteiger partial charge < -0.3 is 15.1 Å². The first-order valence-corrected chi connectivity index (χ1v) is 10.4. The second kappa shape index (κ2) is 5.12. The quantitative estimate of drug-likeness (QED) is 0.918. The Bertz CT molecular complexity index is 656. The molecule has 6 atom stereocenters. The number of fused-ring (bicyclic) bond motifs is 2. The summed E-state index contributed by atoms with van der Waals surface area (Å²) >= 11 is 0. The van der Waals surface area contributed by atoms with Crippen LogP contribution in [0.25, 0.3) is 0 Å². The highest BCUT2D eigenvalue weighted by Crippen LogP contribution is 2.75. The Balaban J connectivity index is 1.21. The molecule has 5 fully saturated rings. The highest BCUT2D eigenvalue weighted by molar-refractivity contribution is 5.54. The van der Waals surface area contributed by atoms with Gasteiger partial charge in [0.1, 0.15) is 5.82 Å². The molecule has 1 aromatic heterocycles. The van der Waals surface area contributed by atoms with Crippen LogP contribution in [0.2, 0.25) is 0 Å². The molecule has 1 N–H and O–H groups in total. The molecule has 2 unspecified atom stereocenters. The van der Waals surface area contributed by atoms with Crippen LogP contribution in [0, 0.1) is 29.1 Å². The van der Waals surface area contributed by atoms with Gasteiger partial charge in [0.05, 0.1) is 0 Å². The lowest BCUT2D eigenvalue weighted by Crippen LogP contribution is -2.44. The van der Waals surface area contributed by atoms with E-state index in [4.69, 9.17) is 0 Å². The molecule has 3 bridgehead atoms. The maximum Gasteiger partial charge on any atom is 0.128 e. The number of piperazine rings is 1. The second-order valence-corrected chi connectivity index (χ2v) is 9.62. The SMILES string of the molecule is CN1CCN(c2ccnc(NC3[C@@H]4C[C@@H]5C[C@H]6C[C@H]3CC56C4)c2)CC1. The Labute approximate surface area is 151 Å². The maximum atomic E-state index is 4.69. The molecule has 5 aliphatic rings. The minimum atomic E-state index is 0.679. The molecule has 2 heterocycles. The van der Waals surface area contributed by atoms with E-state index in [1.54, 1.807) is 6.42 Å². The number of hydrogen-bond donors (Lipinski definition) is 1. The third kappa shape index (κ3) is 2.06. The van der Waals surface area contributed by atoms with Crippen molar-refractivity contribution in [2.75, 3.05) is 43.4 Å². The standard InChI is InChI=1S/C21H30N4/c1-24-4-6-25(7-5-24)18-2-3-22-19(11-18)23-20-14-8-16-10-17-9-15(20)13-21(16,17)12-14/h2-3,11,14-17,20H,4-10,12-13H2,1H3,(H,22,23)/t14-,15+,16-,17-,20?,21?/m1/s1. The van der Waals surface area contributed by atoms with Crippen molar-refractivity contribution >= 4 is 11.5 Å². The lowest BCUT2D eigenvalue weighted by atomic mass is 9.56. The van der Waals surface area contributed by atoms with Gasteiger partial charge in [-0.25, -0.2) is 4.98 Å². The molecule has 0 amide bonds. The molecule has 4 aliphatic carbocycles. The Morgan fingerprint density at radius 2 is 1.76 bits per heavy atom. The highest BCUT2D eigenvalue weighted by atomic mass is 15.2. The van der Waals surface area contributed by atoms with Gasteiger partial charge >= 0.3 is 0 Å². The van der Waals surface area contributed by atoms with E-state index < -0.39 is 0 Å². The van der Waals surface area contributed by atoms with Crippen molar-refractivity contribution in [2.24, 2.45) is 29.1 Å². The van der Waals surface area contributed by atoms with Crippen LogP contribution in [0.15, 0.2) is 18.3 Å². The van der Waals surface area contributed by atoms with E-state index in [1.165, 1.54) is 31.4 Å². The Kier molecular flexibility index (Phi) is 3.04. The molecule has 1 spiro atoms.